The van der Waals surface area contributed by atoms with Crippen molar-refractivity contribution in [2.75, 3.05) is 13.7 Å². The Morgan fingerprint density at radius 3 is 2.40 bits per heavy atom. The summed E-state index contributed by atoms with van der Waals surface area (Å²) in [5.41, 5.74) is 0. The van der Waals surface area contributed by atoms with Crippen molar-refractivity contribution >= 4 is 8.07 Å². The molecule has 0 unspecified atom stereocenters. The molecular formula is C13H26OSi. The van der Waals surface area contributed by atoms with E-state index in [-0.39, 0.29) is 0 Å². The molecule has 0 N–H and O–H groups in total. The van der Waals surface area contributed by atoms with E-state index in [0.717, 1.165) is 6.61 Å². The van der Waals surface area contributed by atoms with Crippen LogP contribution in [0, 0.1) is 0 Å². The van der Waals surface area contributed by atoms with Gasteiger partial charge in [0.05, 0.1) is 14.7 Å². The number of hydrogen-bond donors (Lipinski definition) is 0. The fourth-order valence-electron chi connectivity index (χ4n) is 1.36. The molecule has 0 fully saturated rings. The van der Waals surface area contributed by atoms with Gasteiger partial charge in [0.1, 0.15) is 0 Å². The highest BCUT2D eigenvalue weighted by molar-refractivity contribution is 6.83. The van der Waals surface area contributed by atoms with Crippen LogP contribution in [0.1, 0.15) is 26.2 Å². The normalized spacial score (nSPS) is 13.8. The lowest BCUT2D eigenvalue weighted by atomic mass is 10.2. The van der Waals surface area contributed by atoms with Gasteiger partial charge >= 0.3 is 0 Å². The van der Waals surface area contributed by atoms with Crippen LogP contribution in [0.15, 0.2) is 23.4 Å². The highest BCUT2D eigenvalue weighted by Gasteiger charge is 2.16. The van der Waals surface area contributed by atoms with Gasteiger partial charge in [-0.15, -0.1) is 0 Å². The van der Waals surface area contributed by atoms with Crippen molar-refractivity contribution in [3.8, 4) is 0 Å². The molecule has 0 heterocycles. The van der Waals surface area contributed by atoms with E-state index in [1.54, 1.807) is 12.3 Å². The molecule has 0 amide bonds. The van der Waals surface area contributed by atoms with E-state index in [0.29, 0.717) is 0 Å². The third-order valence-corrected chi connectivity index (χ3v) is 4.45. The molecule has 15 heavy (non-hydrogen) atoms. The first-order valence-corrected chi connectivity index (χ1v) is 9.38. The summed E-state index contributed by atoms with van der Waals surface area (Å²) in [6.45, 7) is 10.1. The van der Waals surface area contributed by atoms with E-state index in [4.69, 9.17) is 4.74 Å². The second kappa shape index (κ2) is 7.89. The van der Waals surface area contributed by atoms with Crippen LogP contribution < -0.4 is 0 Å². The minimum atomic E-state index is -1.17. The van der Waals surface area contributed by atoms with Gasteiger partial charge in [0, 0.05) is 7.11 Å². The molecular weight excluding hydrogens is 200 g/mol. The van der Waals surface area contributed by atoms with Crippen molar-refractivity contribution in [1.29, 1.82) is 0 Å². The third-order valence-electron chi connectivity index (χ3n) is 2.35. The molecule has 0 bridgehead atoms. The Kier molecular flexibility index (Phi) is 7.70. The molecule has 0 aromatic rings. The summed E-state index contributed by atoms with van der Waals surface area (Å²) in [4.78, 5) is 0. The summed E-state index contributed by atoms with van der Waals surface area (Å²) in [5.74, 6) is 0. The first kappa shape index (κ1) is 14.7. The lowest BCUT2D eigenvalue weighted by Crippen LogP contribution is -2.22. The smallest absolute Gasteiger partial charge is 0.0771 e. The van der Waals surface area contributed by atoms with Crippen LogP contribution >= 0.6 is 0 Å². The predicted molar refractivity (Wildman–Crippen MR) is 72.0 cm³/mol. The van der Waals surface area contributed by atoms with Gasteiger partial charge in [-0.2, -0.15) is 0 Å². The maximum atomic E-state index is 5.03. The number of methoxy groups -OCH3 is 1. The van der Waals surface area contributed by atoms with E-state index >= 15 is 0 Å². The Bertz CT molecular complexity index is 211. The second-order valence-corrected chi connectivity index (χ2v) is 9.99. The van der Waals surface area contributed by atoms with E-state index < -0.39 is 8.07 Å². The van der Waals surface area contributed by atoms with Crippen molar-refractivity contribution in [2.45, 2.75) is 45.8 Å². The molecule has 2 heteroatoms. The highest BCUT2D eigenvalue weighted by atomic mass is 28.3. The minimum Gasteiger partial charge on any atom is -0.381 e. The monoisotopic (exact) mass is 226 g/mol. The Morgan fingerprint density at radius 1 is 1.27 bits per heavy atom. The molecule has 0 saturated carbocycles. The number of unbranched alkanes of at least 4 members (excludes halogenated alkanes) is 2. The number of hydrogen-bond acceptors (Lipinski definition) is 1. The van der Waals surface area contributed by atoms with Crippen molar-refractivity contribution in [3.05, 3.63) is 23.4 Å². The molecule has 0 aliphatic rings. The first-order chi connectivity index (χ1) is 7.02. The molecule has 0 aliphatic carbocycles. The van der Waals surface area contributed by atoms with Crippen molar-refractivity contribution in [1.82, 2.24) is 0 Å². The van der Waals surface area contributed by atoms with Crippen LogP contribution in [-0.4, -0.2) is 21.8 Å². The number of rotatable bonds is 7. The SMILES string of the molecule is CCCC/C=C(/C=C/COC)[Si](C)(C)C. The summed E-state index contributed by atoms with van der Waals surface area (Å²) < 4.78 is 5.03. The maximum Gasteiger partial charge on any atom is 0.0771 e. The zero-order chi connectivity index (χ0) is 11.7. The standard InChI is InChI=1S/C13H26OSi/c1-6-7-8-10-13(15(3,4)5)11-9-12-14-2/h9-11H,6-8,12H2,1-5H3/b11-9+,13-10-. The van der Waals surface area contributed by atoms with E-state index in [1.165, 1.54) is 19.3 Å². The zero-order valence-corrected chi connectivity index (χ0v) is 12.0. The van der Waals surface area contributed by atoms with Crippen LogP contribution in [0.3, 0.4) is 0 Å². The average Bonchev–Trinajstić information content (AvgIpc) is 2.14. The molecule has 0 atom stereocenters. The highest BCUT2D eigenvalue weighted by Crippen LogP contribution is 2.17. The Morgan fingerprint density at radius 2 is 1.93 bits per heavy atom. The molecule has 0 saturated heterocycles. The van der Waals surface area contributed by atoms with E-state index in [9.17, 15) is 0 Å². The molecule has 0 aliphatic heterocycles. The lowest BCUT2D eigenvalue weighted by Gasteiger charge is -2.18. The molecule has 0 radical (unpaired) electrons. The van der Waals surface area contributed by atoms with Crippen molar-refractivity contribution < 1.29 is 4.74 Å². The summed E-state index contributed by atoms with van der Waals surface area (Å²) in [5, 5.41) is 1.55. The van der Waals surface area contributed by atoms with Crippen LogP contribution in [0.4, 0.5) is 0 Å². The van der Waals surface area contributed by atoms with Crippen LogP contribution in [-0.2, 0) is 4.74 Å². The molecule has 88 valence electrons. The number of allylic oxidation sites excluding steroid dienone is 3. The largest absolute Gasteiger partial charge is 0.381 e. The summed E-state index contributed by atoms with van der Waals surface area (Å²) in [6.07, 6.45) is 10.6. The summed E-state index contributed by atoms with van der Waals surface area (Å²) in [7, 11) is 0.568. The second-order valence-electron chi connectivity index (χ2n) is 4.91. The van der Waals surface area contributed by atoms with Crippen LogP contribution in [0.25, 0.3) is 0 Å². The Hall–Kier alpha value is -0.343. The first-order valence-electron chi connectivity index (χ1n) is 5.88. The quantitative estimate of drug-likeness (QED) is 0.359. The van der Waals surface area contributed by atoms with Gasteiger partial charge in [0.25, 0.3) is 0 Å². The van der Waals surface area contributed by atoms with Crippen molar-refractivity contribution in [2.24, 2.45) is 0 Å². The summed E-state index contributed by atoms with van der Waals surface area (Å²) in [6, 6.07) is 0. The molecule has 1 nitrogen and oxygen atoms in total. The Labute approximate surface area is 96.2 Å². The Balaban J connectivity index is 4.38. The number of ether oxygens (including phenoxy) is 1. The third kappa shape index (κ3) is 7.57. The van der Waals surface area contributed by atoms with Gasteiger partial charge in [-0.3, -0.25) is 0 Å². The van der Waals surface area contributed by atoms with Gasteiger partial charge in [0.15, 0.2) is 0 Å². The van der Waals surface area contributed by atoms with Gasteiger partial charge in [-0.05, 0) is 6.42 Å². The summed E-state index contributed by atoms with van der Waals surface area (Å²) >= 11 is 0. The molecule has 0 aromatic heterocycles. The van der Waals surface area contributed by atoms with Crippen LogP contribution in [0.2, 0.25) is 19.6 Å². The topological polar surface area (TPSA) is 9.23 Å². The fraction of sp³-hybridized carbons (Fsp3) is 0.692. The molecule has 0 spiro atoms. The minimum absolute atomic E-state index is 0.718. The molecule has 0 rings (SSSR count). The van der Waals surface area contributed by atoms with Gasteiger partial charge < -0.3 is 4.74 Å². The van der Waals surface area contributed by atoms with Crippen molar-refractivity contribution in [3.63, 3.8) is 0 Å². The molecule has 0 aromatic carbocycles. The van der Waals surface area contributed by atoms with E-state index in [2.05, 4.69) is 44.8 Å². The van der Waals surface area contributed by atoms with Gasteiger partial charge in [-0.25, -0.2) is 0 Å². The van der Waals surface area contributed by atoms with E-state index in [1.807, 2.05) is 0 Å². The van der Waals surface area contributed by atoms with Gasteiger partial charge in [-0.1, -0.05) is 62.8 Å². The predicted octanol–water partition coefficient (Wildman–Crippen LogP) is 4.18. The average molecular weight is 226 g/mol. The zero-order valence-electron chi connectivity index (χ0n) is 11.0. The fourth-order valence-corrected chi connectivity index (χ4v) is 2.73. The maximum absolute atomic E-state index is 5.03. The van der Waals surface area contributed by atoms with Gasteiger partial charge in [0.2, 0.25) is 0 Å². The lowest BCUT2D eigenvalue weighted by molar-refractivity contribution is 0.234. The van der Waals surface area contributed by atoms with Crippen LogP contribution in [0.5, 0.6) is 0 Å².